The van der Waals surface area contributed by atoms with Gasteiger partial charge in [0.2, 0.25) is 0 Å². The SMILES string of the molecule is O=C(c1cnn2cccnc12)N1CCn2c(nnc2-c2ccccc2)C1. The van der Waals surface area contributed by atoms with E-state index in [2.05, 4.69) is 24.8 Å². The largest absolute Gasteiger partial charge is 0.329 e. The van der Waals surface area contributed by atoms with Crippen LogP contribution in [0.15, 0.2) is 55.0 Å². The summed E-state index contributed by atoms with van der Waals surface area (Å²) in [7, 11) is 0. The van der Waals surface area contributed by atoms with Crippen LogP contribution in [0.4, 0.5) is 0 Å². The third-order valence-electron chi connectivity index (χ3n) is 4.58. The van der Waals surface area contributed by atoms with E-state index in [4.69, 9.17) is 0 Å². The molecule has 0 saturated carbocycles. The molecule has 0 atom stereocenters. The topological polar surface area (TPSA) is 81.2 Å². The highest BCUT2D eigenvalue weighted by Gasteiger charge is 2.27. The molecule has 26 heavy (non-hydrogen) atoms. The predicted octanol–water partition coefficient (Wildman–Crippen LogP) is 1.64. The van der Waals surface area contributed by atoms with Crippen LogP contribution in [-0.2, 0) is 13.1 Å². The Bertz CT molecular complexity index is 1100. The molecule has 0 radical (unpaired) electrons. The highest BCUT2D eigenvalue weighted by atomic mass is 16.2. The summed E-state index contributed by atoms with van der Waals surface area (Å²) in [6.07, 6.45) is 5.00. The fourth-order valence-corrected chi connectivity index (χ4v) is 3.28. The van der Waals surface area contributed by atoms with Crippen molar-refractivity contribution in [3.63, 3.8) is 0 Å². The number of carbonyl (C=O) groups excluding carboxylic acids is 1. The predicted molar refractivity (Wildman–Crippen MR) is 93.2 cm³/mol. The maximum Gasteiger partial charge on any atom is 0.259 e. The molecule has 1 aromatic carbocycles. The standard InChI is InChI=1S/C18H15N7O/c26-18(14-11-20-25-8-4-7-19-17(14)25)23-9-10-24-15(12-23)21-22-16(24)13-5-2-1-3-6-13/h1-8,11H,9-10,12H2. The molecule has 0 saturated heterocycles. The number of amides is 1. The molecule has 0 bridgehead atoms. The Labute approximate surface area is 148 Å². The van der Waals surface area contributed by atoms with Gasteiger partial charge in [-0.05, 0) is 6.07 Å². The number of benzene rings is 1. The zero-order chi connectivity index (χ0) is 17.5. The summed E-state index contributed by atoms with van der Waals surface area (Å²) in [5.41, 5.74) is 2.09. The molecule has 1 amide bonds. The lowest BCUT2D eigenvalue weighted by molar-refractivity contribution is 0.0709. The minimum atomic E-state index is -0.0887. The molecular weight excluding hydrogens is 330 g/mol. The van der Waals surface area contributed by atoms with Crippen molar-refractivity contribution >= 4 is 11.6 Å². The van der Waals surface area contributed by atoms with Crippen LogP contribution in [0, 0.1) is 0 Å². The van der Waals surface area contributed by atoms with Crippen LogP contribution in [0.3, 0.4) is 0 Å². The van der Waals surface area contributed by atoms with Gasteiger partial charge in [-0.15, -0.1) is 10.2 Å². The first-order chi connectivity index (χ1) is 12.8. The van der Waals surface area contributed by atoms with Crippen molar-refractivity contribution in [3.05, 3.63) is 66.4 Å². The summed E-state index contributed by atoms with van der Waals surface area (Å²) in [5.74, 6) is 1.53. The summed E-state index contributed by atoms with van der Waals surface area (Å²) < 4.78 is 3.68. The third kappa shape index (κ3) is 2.26. The minimum absolute atomic E-state index is 0.0887. The van der Waals surface area contributed by atoms with E-state index >= 15 is 0 Å². The van der Waals surface area contributed by atoms with Crippen LogP contribution in [0.1, 0.15) is 16.2 Å². The smallest absolute Gasteiger partial charge is 0.259 e. The highest BCUT2D eigenvalue weighted by molar-refractivity contribution is 5.99. The Hall–Kier alpha value is -3.55. The van der Waals surface area contributed by atoms with Gasteiger partial charge in [0.05, 0.1) is 12.7 Å². The number of fused-ring (bicyclic) bond motifs is 2. The maximum atomic E-state index is 12.9. The Morgan fingerprint density at radius 3 is 2.81 bits per heavy atom. The molecule has 8 nitrogen and oxygen atoms in total. The van der Waals surface area contributed by atoms with Gasteiger partial charge < -0.3 is 9.47 Å². The van der Waals surface area contributed by atoms with Gasteiger partial charge in [-0.2, -0.15) is 5.10 Å². The monoisotopic (exact) mass is 345 g/mol. The molecule has 0 aliphatic carbocycles. The second-order valence-corrected chi connectivity index (χ2v) is 6.13. The summed E-state index contributed by atoms with van der Waals surface area (Å²) in [5, 5.41) is 12.8. The van der Waals surface area contributed by atoms with E-state index in [1.807, 2.05) is 30.3 Å². The Morgan fingerprint density at radius 1 is 1.04 bits per heavy atom. The number of carbonyl (C=O) groups is 1. The molecule has 3 aromatic heterocycles. The second kappa shape index (κ2) is 5.76. The van der Waals surface area contributed by atoms with Gasteiger partial charge in [-0.1, -0.05) is 30.3 Å². The molecule has 8 heteroatoms. The highest BCUT2D eigenvalue weighted by Crippen LogP contribution is 2.22. The average Bonchev–Trinajstić information content (AvgIpc) is 3.32. The number of nitrogens with zero attached hydrogens (tertiary/aromatic N) is 7. The summed E-state index contributed by atoms with van der Waals surface area (Å²) in [6, 6.07) is 11.7. The van der Waals surface area contributed by atoms with Crippen molar-refractivity contribution in [2.24, 2.45) is 0 Å². The first kappa shape index (κ1) is 14.8. The zero-order valence-corrected chi connectivity index (χ0v) is 13.9. The molecule has 1 aliphatic heterocycles. The van der Waals surface area contributed by atoms with Crippen molar-refractivity contribution in [3.8, 4) is 11.4 Å². The quantitative estimate of drug-likeness (QED) is 0.552. The van der Waals surface area contributed by atoms with Gasteiger partial charge in [-0.25, -0.2) is 9.50 Å². The average molecular weight is 345 g/mol. The lowest BCUT2D eigenvalue weighted by Crippen LogP contribution is -2.38. The molecule has 4 aromatic rings. The normalized spacial score (nSPS) is 13.8. The maximum absolute atomic E-state index is 12.9. The van der Waals surface area contributed by atoms with Gasteiger partial charge >= 0.3 is 0 Å². The number of aromatic nitrogens is 6. The second-order valence-electron chi connectivity index (χ2n) is 6.13. The molecule has 0 N–H and O–H groups in total. The van der Waals surface area contributed by atoms with E-state index in [-0.39, 0.29) is 5.91 Å². The van der Waals surface area contributed by atoms with Crippen molar-refractivity contribution in [1.82, 2.24) is 34.3 Å². The first-order valence-corrected chi connectivity index (χ1v) is 8.36. The third-order valence-corrected chi connectivity index (χ3v) is 4.58. The molecule has 128 valence electrons. The van der Waals surface area contributed by atoms with Crippen LogP contribution < -0.4 is 0 Å². The molecular formula is C18H15N7O. The van der Waals surface area contributed by atoms with Crippen molar-refractivity contribution in [2.45, 2.75) is 13.1 Å². The Kier molecular flexibility index (Phi) is 3.27. The van der Waals surface area contributed by atoms with Crippen LogP contribution >= 0.6 is 0 Å². The van der Waals surface area contributed by atoms with Gasteiger partial charge in [0.15, 0.2) is 17.3 Å². The lowest BCUT2D eigenvalue weighted by atomic mass is 10.2. The van der Waals surface area contributed by atoms with Crippen LogP contribution in [-0.4, -0.2) is 46.7 Å². The zero-order valence-electron chi connectivity index (χ0n) is 13.9. The Morgan fingerprint density at radius 2 is 1.92 bits per heavy atom. The molecule has 1 aliphatic rings. The molecule has 0 fully saturated rings. The summed E-state index contributed by atoms with van der Waals surface area (Å²) in [6.45, 7) is 1.67. The first-order valence-electron chi connectivity index (χ1n) is 8.36. The van der Waals surface area contributed by atoms with Gasteiger partial charge in [0, 0.05) is 31.0 Å². The fourth-order valence-electron chi connectivity index (χ4n) is 3.28. The van der Waals surface area contributed by atoms with Gasteiger partial charge in [-0.3, -0.25) is 4.79 Å². The van der Waals surface area contributed by atoms with Gasteiger partial charge in [0.25, 0.3) is 5.91 Å². The molecule has 4 heterocycles. The molecule has 5 rings (SSSR count). The Balaban J connectivity index is 1.44. The van der Waals surface area contributed by atoms with Crippen molar-refractivity contribution in [2.75, 3.05) is 6.54 Å². The van der Waals surface area contributed by atoms with Crippen LogP contribution in [0.5, 0.6) is 0 Å². The molecule has 0 unspecified atom stereocenters. The van der Waals surface area contributed by atoms with Crippen molar-refractivity contribution < 1.29 is 4.79 Å². The minimum Gasteiger partial charge on any atom is -0.329 e. The van der Waals surface area contributed by atoms with E-state index in [1.54, 1.807) is 34.1 Å². The number of rotatable bonds is 2. The number of hydrogen-bond acceptors (Lipinski definition) is 5. The molecule has 0 spiro atoms. The van der Waals surface area contributed by atoms with E-state index in [9.17, 15) is 4.79 Å². The summed E-state index contributed by atoms with van der Waals surface area (Å²) >= 11 is 0. The number of hydrogen-bond donors (Lipinski definition) is 0. The van der Waals surface area contributed by atoms with E-state index in [1.165, 1.54) is 0 Å². The summed E-state index contributed by atoms with van der Waals surface area (Å²) in [4.78, 5) is 19.0. The van der Waals surface area contributed by atoms with E-state index < -0.39 is 0 Å². The van der Waals surface area contributed by atoms with E-state index in [0.717, 1.165) is 17.2 Å². The fraction of sp³-hybridized carbons (Fsp3) is 0.167. The van der Waals surface area contributed by atoms with Gasteiger partial charge in [0.1, 0.15) is 5.56 Å². The van der Waals surface area contributed by atoms with Crippen LogP contribution in [0.25, 0.3) is 17.0 Å². The van der Waals surface area contributed by atoms with Crippen molar-refractivity contribution in [1.29, 1.82) is 0 Å². The lowest BCUT2D eigenvalue weighted by Gasteiger charge is -2.27. The van der Waals surface area contributed by atoms with Crippen LogP contribution in [0.2, 0.25) is 0 Å². The van der Waals surface area contributed by atoms with E-state index in [0.29, 0.717) is 30.8 Å².